The largest absolute Gasteiger partial charge is 0.323 e. The molecule has 3 aromatic carbocycles. The lowest BCUT2D eigenvalue weighted by Crippen LogP contribution is -2.19. The van der Waals surface area contributed by atoms with Gasteiger partial charge in [-0.1, -0.05) is 48.0 Å². The van der Waals surface area contributed by atoms with Crippen LogP contribution in [0.4, 0.5) is 16.2 Å². The lowest BCUT2D eigenvalue weighted by Gasteiger charge is -2.09. The van der Waals surface area contributed by atoms with Crippen LogP contribution < -0.4 is 10.6 Å². The SMILES string of the molecule is Cc1ccc(SOCc2cccc(NC(=O)Nc3ccccc3)c2)cc1. The standard InChI is InChI=1S/C21H20N2O2S/c1-16-10-12-20(13-11-16)26-25-15-17-6-5-9-19(14-17)23-21(24)22-18-7-3-2-4-8-18/h2-14H,15H2,1H3,(H2,22,23,24). The number of benzene rings is 3. The predicted octanol–water partition coefficient (Wildman–Crippen LogP) is 5.86. The van der Waals surface area contributed by atoms with Crippen LogP contribution >= 0.6 is 12.0 Å². The van der Waals surface area contributed by atoms with E-state index in [1.54, 1.807) is 0 Å². The van der Waals surface area contributed by atoms with Gasteiger partial charge in [0, 0.05) is 28.3 Å². The van der Waals surface area contributed by atoms with Crippen LogP contribution in [0.15, 0.2) is 83.8 Å². The molecule has 26 heavy (non-hydrogen) atoms. The van der Waals surface area contributed by atoms with E-state index in [0.717, 1.165) is 21.8 Å². The molecule has 2 N–H and O–H groups in total. The molecule has 4 nitrogen and oxygen atoms in total. The minimum Gasteiger partial charge on any atom is -0.308 e. The number of hydrogen-bond acceptors (Lipinski definition) is 3. The van der Waals surface area contributed by atoms with Gasteiger partial charge in [0.1, 0.15) is 0 Å². The molecule has 0 aliphatic heterocycles. The summed E-state index contributed by atoms with van der Waals surface area (Å²) in [5, 5.41) is 5.63. The fourth-order valence-electron chi connectivity index (χ4n) is 2.31. The molecule has 0 bridgehead atoms. The lowest BCUT2D eigenvalue weighted by molar-refractivity contribution is 0.262. The van der Waals surface area contributed by atoms with Crippen LogP contribution in [-0.2, 0) is 10.8 Å². The molecule has 0 saturated heterocycles. The summed E-state index contributed by atoms with van der Waals surface area (Å²) in [5.41, 5.74) is 3.68. The third-order valence-electron chi connectivity index (χ3n) is 3.62. The molecule has 5 heteroatoms. The summed E-state index contributed by atoms with van der Waals surface area (Å²) >= 11 is 1.35. The summed E-state index contributed by atoms with van der Waals surface area (Å²) in [4.78, 5) is 13.1. The van der Waals surface area contributed by atoms with Crippen LogP contribution in [0, 0.1) is 6.92 Å². The van der Waals surface area contributed by atoms with Gasteiger partial charge in [-0.2, -0.15) is 0 Å². The molecule has 0 aliphatic rings. The van der Waals surface area contributed by atoms with Crippen molar-refractivity contribution in [2.75, 3.05) is 10.6 Å². The second-order valence-corrected chi connectivity index (χ2v) is 6.68. The number of aryl methyl sites for hydroxylation is 1. The first-order chi connectivity index (χ1) is 12.7. The van der Waals surface area contributed by atoms with E-state index in [2.05, 4.69) is 29.7 Å². The molecule has 0 radical (unpaired) electrons. The smallest absolute Gasteiger partial charge is 0.308 e. The van der Waals surface area contributed by atoms with Crippen molar-refractivity contribution in [3.8, 4) is 0 Å². The molecule has 0 saturated carbocycles. The van der Waals surface area contributed by atoms with Gasteiger partial charge in [-0.05, 0) is 48.9 Å². The summed E-state index contributed by atoms with van der Waals surface area (Å²) < 4.78 is 5.69. The first kappa shape index (κ1) is 18.0. The molecular weight excluding hydrogens is 344 g/mol. The van der Waals surface area contributed by atoms with E-state index < -0.39 is 0 Å². The van der Waals surface area contributed by atoms with E-state index >= 15 is 0 Å². The summed E-state index contributed by atoms with van der Waals surface area (Å²) in [6.07, 6.45) is 0. The quantitative estimate of drug-likeness (QED) is 0.538. The number of nitrogens with one attached hydrogen (secondary N) is 2. The Hall–Kier alpha value is -2.76. The molecule has 132 valence electrons. The zero-order chi connectivity index (χ0) is 18.2. The number of carbonyl (C=O) groups is 1. The summed E-state index contributed by atoms with van der Waals surface area (Å²) in [6, 6.07) is 24.9. The maximum Gasteiger partial charge on any atom is 0.323 e. The second-order valence-electron chi connectivity index (χ2n) is 5.80. The Bertz CT molecular complexity index is 851. The van der Waals surface area contributed by atoms with Gasteiger partial charge in [-0.15, -0.1) is 0 Å². The third kappa shape index (κ3) is 5.65. The van der Waals surface area contributed by atoms with Gasteiger partial charge >= 0.3 is 6.03 Å². The van der Waals surface area contributed by atoms with Crippen molar-refractivity contribution in [1.82, 2.24) is 0 Å². The van der Waals surface area contributed by atoms with Gasteiger partial charge in [0.2, 0.25) is 0 Å². The van der Waals surface area contributed by atoms with Crippen LogP contribution in [0.5, 0.6) is 0 Å². The fraction of sp³-hybridized carbons (Fsp3) is 0.0952. The predicted molar refractivity (Wildman–Crippen MR) is 107 cm³/mol. The van der Waals surface area contributed by atoms with E-state index in [9.17, 15) is 4.79 Å². The Morgan fingerprint density at radius 1 is 0.885 bits per heavy atom. The highest BCUT2D eigenvalue weighted by molar-refractivity contribution is 7.94. The highest BCUT2D eigenvalue weighted by Gasteiger charge is 2.04. The van der Waals surface area contributed by atoms with Crippen molar-refractivity contribution < 1.29 is 8.98 Å². The minimum atomic E-state index is -0.275. The molecule has 0 spiro atoms. The highest BCUT2D eigenvalue weighted by atomic mass is 32.2. The van der Waals surface area contributed by atoms with E-state index in [1.165, 1.54) is 17.6 Å². The Morgan fingerprint density at radius 3 is 2.35 bits per heavy atom. The summed E-state index contributed by atoms with van der Waals surface area (Å²) in [7, 11) is 0. The maximum absolute atomic E-state index is 12.1. The molecule has 0 aliphatic carbocycles. The van der Waals surface area contributed by atoms with Crippen molar-refractivity contribution in [2.45, 2.75) is 18.4 Å². The van der Waals surface area contributed by atoms with Gasteiger partial charge in [0.15, 0.2) is 0 Å². The zero-order valence-electron chi connectivity index (χ0n) is 14.4. The normalized spacial score (nSPS) is 10.3. The van der Waals surface area contributed by atoms with Gasteiger partial charge in [0.05, 0.1) is 6.61 Å². The van der Waals surface area contributed by atoms with Crippen molar-refractivity contribution in [1.29, 1.82) is 0 Å². The number of carbonyl (C=O) groups excluding carboxylic acids is 1. The average molecular weight is 364 g/mol. The fourth-order valence-corrected chi connectivity index (χ4v) is 2.89. The van der Waals surface area contributed by atoms with E-state index in [-0.39, 0.29) is 6.03 Å². The maximum atomic E-state index is 12.1. The van der Waals surface area contributed by atoms with Crippen LogP contribution in [0.3, 0.4) is 0 Å². The first-order valence-electron chi connectivity index (χ1n) is 8.27. The van der Waals surface area contributed by atoms with Crippen molar-refractivity contribution in [3.05, 3.63) is 90.0 Å². The summed E-state index contributed by atoms with van der Waals surface area (Å²) in [5.74, 6) is 0. The van der Waals surface area contributed by atoms with Crippen molar-refractivity contribution in [3.63, 3.8) is 0 Å². The number of para-hydroxylation sites is 1. The minimum absolute atomic E-state index is 0.275. The van der Waals surface area contributed by atoms with Gasteiger partial charge < -0.3 is 14.8 Å². The molecule has 0 atom stereocenters. The molecule has 0 heterocycles. The molecule has 0 fully saturated rings. The van der Waals surface area contributed by atoms with Crippen LogP contribution in [-0.4, -0.2) is 6.03 Å². The number of hydrogen-bond donors (Lipinski definition) is 2. The van der Waals surface area contributed by atoms with E-state index in [4.69, 9.17) is 4.18 Å². The molecule has 2 amide bonds. The van der Waals surface area contributed by atoms with E-state index in [0.29, 0.717) is 6.61 Å². The monoisotopic (exact) mass is 364 g/mol. The molecular formula is C21H20N2O2S. The van der Waals surface area contributed by atoms with Gasteiger partial charge in [-0.3, -0.25) is 0 Å². The zero-order valence-corrected chi connectivity index (χ0v) is 15.3. The summed E-state index contributed by atoms with van der Waals surface area (Å²) in [6.45, 7) is 2.51. The Morgan fingerprint density at radius 2 is 1.58 bits per heavy atom. The molecule has 0 aromatic heterocycles. The average Bonchev–Trinajstić information content (AvgIpc) is 2.64. The Labute approximate surface area is 157 Å². The van der Waals surface area contributed by atoms with Crippen molar-refractivity contribution in [2.24, 2.45) is 0 Å². The van der Waals surface area contributed by atoms with Crippen LogP contribution in [0.25, 0.3) is 0 Å². The van der Waals surface area contributed by atoms with E-state index in [1.807, 2.05) is 66.7 Å². The molecule has 3 rings (SSSR count). The number of anilines is 2. The van der Waals surface area contributed by atoms with Gasteiger partial charge in [0.25, 0.3) is 0 Å². The first-order valence-corrected chi connectivity index (χ1v) is 9.01. The number of amides is 2. The Kier molecular flexibility index (Phi) is 6.30. The number of urea groups is 1. The van der Waals surface area contributed by atoms with Gasteiger partial charge in [-0.25, -0.2) is 4.79 Å². The van der Waals surface area contributed by atoms with Crippen LogP contribution in [0.2, 0.25) is 0 Å². The third-order valence-corrected chi connectivity index (χ3v) is 4.32. The Balaban J connectivity index is 1.51. The highest BCUT2D eigenvalue weighted by Crippen LogP contribution is 2.22. The van der Waals surface area contributed by atoms with Crippen molar-refractivity contribution >= 4 is 29.4 Å². The molecule has 3 aromatic rings. The second kappa shape index (κ2) is 9.08. The number of rotatable bonds is 6. The van der Waals surface area contributed by atoms with Crippen LogP contribution in [0.1, 0.15) is 11.1 Å². The lowest BCUT2D eigenvalue weighted by atomic mass is 10.2. The topological polar surface area (TPSA) is 50.4 Å². The molecule has 0 unspecified atom stereocenters.